The summed E-state index contributed by atoms with van der Waals surface area (Å²) in [4.78, 5) is 2.51. The van der Waals surface area contributed by atoms with Crippen LogP contribution in [0.5, 0.6) is 0 Å². The van der Waals surface area contributed by atoms with E-state index in [1.54, 1.807) is 0 Å². The maximum Gasteiger partial charge on any atom is 0.0540 e. The fourth-order valence-electron chi connectivity index (χ4n) is 2.20. The Morgan fingerprint density at radius 3 is 2.89 bits per heavy atom. The van der Waals surface area contributed by atoms with Crippen LogP contribution in [0.15, 0.2) is 24.3 Å². The molecule has 1 aromatic rings. The van der Waals surface area contributed by atoms with Gasteiger partial charge in [0.15, 0.2) is 0 Å². The molecule has 0 aliphatic heterocycles. The fraction of sp³-hybridized carbons (Fsp3) is 0.529. The number of aliphatic hydroxyl groups excluding tert-OH is 1. The van der Waals surface area contributed by atoms with Gasteiger partial charge in [0.05, 0.1) is 6.61 Å². The van der Waals surface area contributed by atoms with Crippen molar-refractivity contribution < 1.29 is 5.11 Å². The van der Waals surface area contributed by atoms with E-state index in [4.69, 9.17) is 5.11 Å². The molecular weight excluding hydrogens is 234 g/mol. The largest absolute Gasteiger partial charge is 0.395 e. The van der Waals surface area contributed by atoms with Gasteiger partial charge in [-0.2, -0.15) is 0 Å². The number of hydrogen-bond donors (Lipinski definition) is 1. The molecule has 0 unspecified atom stereocenters. The lowest BCUT2D eigenvalue weighted by Gasteiger charge is -2.20. The SMILES string of the molecule is CCN(Cc1cccc(C#CCCO)c1)CC1CC1. The van der Waals surface area contributed by atoms with E-state index in [1.807, 2.05) is 6.07 Å². The van der Waals surface area contributed by atoms with Gasteiger partial charge in [-0.05, 0) is 43.0 Å². The van der Waals surface area contributed by atoms with Gasteiger partial charge in [-0.15, -0.1) is 0 Å². The van der Waals surface area contributed by atoms with Crippen LogP contribution in [0.25, 0.3) is 0 Å². The molecule has 1 N–H and O–H groups in total. The molecule has 0 radical (unpaired) electrons. The van der Waals surface area contributed by atoms with Crippen molar-refractivity contribution in [3.8, 4) is 11.8 Å². The van der Waals surface area contributed by atoms with E-state index in [2.05, 4.69) is 41.9 Å². The summed E-state index contributed by atoms with van der Waals surface area (Å²) in [5.74, 6) is 7.01. The van der Waals surface area contributed by atoms with Crippen LogP contribution >= 0.6 is 0 Å². The quantitative estimate of drug-likeness (QED) is 0.792. The van der Waals surface area contributed by atoms with Gasteiger partial charge >= 0.3 is 0 Å². The molecular formula is C17H23NO. The molecule has 2 rings (SSSR count). The van der Waals surface area contributed by atoms with Crippen LogP contribution in [0, 0.1) is 17.8 Å². The first kappa shape index (κ1) is 14.1. The molecule has 0 saturated heterocycles. The molecule has 1 aliphatic carbocycles. The third kappa shape index (κ3) is 5.06. The molecule has 0 aromatic heterocycles. The Labute approximate surface area is 116 Å². The van der Waals surface area contributed by atoms with Crippen LogP contribution in [0.4, 0.5) is 0 Å². The Kier molecular flexibility index (Phi) is 5.44. The highest BCUT2D eigenvalue weighted by atomic mass is 16.2. The molecule has 1 aromatic carbocycles. The van der Waals surface area contributed by atoms with E-state index < -0.39 is 0 Å². The minimum atomic E-state index is 0.137. The van der Waals surface area contributed by atoms with E-state index in [-0.39, 0.29) is 6.61 Å². The van der Waals surface area contributed by atoms with Gasteiger partial charge in [0.25, 0.3) is 0 Å². The fourth-order valence-corrected chi connectivity index (χ4v) is 2.20. The van der Waals surface area contributed by atoms with Crippen LogP contribution in [-0.4, -0.2) is 29.7 Å². The number of nitrogens with zero attached hydrogens (tertiary/aromatic N) is 1. The summed E-state index contributed by atoms with van der Waals surface area (Å²) < 4.78 is 0. The van der Waals surface area contributed by atoms with Crippen molar-refractivity contribution in [3.63, 3.8) is 0 Å². The van der Waals surface area contributed by atoms with E-state index >= 15 is 0 Å². The second-order valence-electron chi connectivity index (χ2n) is 5.25. The first-order valence-corrected chi connectivity index (χ1v) is 7.23. The van der Waals surface area contributed by atoms with Crippen LogP contribution in [0.2, 0.25) is 0 Å². The van der Waals surface area contributed by atoms with Crippen molar-refractivity contribution in [1.29, 1.82) is 0 Å². The zero-order valence-electron chi connectivity index (χ0n) is 11.7. The van der Waals surface area contributed by atoms with Crippen LogP contribution in [0.3, 0.4) is 0 Å². The van der Waals surface area contributed by atoms with E-state index in [9.17, 15) is 0 Å². The van der Waals surface area contributed by atoms with Gasteiger partial charge in [-0.25, -0.2) is 0 Å². The molecule has 2 heteroatoms. The minimum Gasteiger partial charge on any atom is -0.395 e. The van der Waals surface area contributed by atoms with Crippen molar-refractivity contribution >= 4 is 0 Å². The maximum atomic E-state index is 8.73. The Bertz CT molecular complexity index is 454. The minimum absolute atomic E-state index is 0.137. The van der Waals surface area contributed by atoms with Gasteiger partial charge in [0.2, 0.25) is 0 Å². The number of rotatable bonds is 6. The monoisotopic (exact) mass is 257 g/mol. The lowest BCUT2D eigenvalue weighted by atomic mass is 10.1. The highest BCUT2D eigenvalue weighted by Crippen LogP contribution is 2.30. The third-order valence-corrected chi connectivity index (χ3v) is 3.46. The number of benzene rings is 1. The molecule has 0 bridgehead atoms. The molecule has 1 aliphatic rings. The number of aliphatic hydroxyl groups is 1. The Balaban J connectivity index is 1.95. The Morgan fingerprint density at radius 1 is 1.37 bits per heavy atom. The molecule has 102 valence electrons. The average molecular weight is 257 g/mol. The maximum absolute atomic E-state index is 8.73. The van der Waals surface area contributed by atoms with Crippen molar-refractivity contribution in [2.45, 2.75) is 32.7 Å². The summed E-state index contributed by atoms with van der Waals surface area (Å²) in [6.45, 7) is 5.72. The molecule has 0 atom stereocenters. The van der Waals surface area contributed by atoms with Crippen LogP contribution in [-0.2, 0) is 6.54 Å². The predicted octanol–water partition coefficient (Wildman–Crippen LogP) is 2.65. The Morgan fingerprint density at radius 2 is 2.21 bits per heavy atom. The second kappa shape index (κ2) is 7.33. The van der Waals surface area contributed by atoms with Gasteiger partial charge in [0.1, 0.15) is 0 Å². The van der Waals surface area contributed by atoms with Crippen LogP contribution < -0.4 is 0 Å². The van der Waals surface area contributed by atoms with Crippen molar-refractivity contribution in [2.24, 2.45) is 5.92 Å². The highest BCUT2D eigenvalue weighted by molar-refractivity contribution is 5.37. The van der Waals surface area contributed by atoms with Crippen molar-refractivity contribution in [2.75, 3.05) is 19.7 Å². The first-order chi connectivity index (χ1) is 9.31. The summed E-state index contributed by atoms with van der Waals surface area (Å²) in [5, 5.41) is 8.73. The zero-order valence-corrected chi connectivity index (χ0v) is 11.7. The predicted molar refractivity (Wildman–Crippen MR) is 78.7 cm³/mol. The summed E-state index contributed by atoms with van der Waals surface area (Å²) in [5.41, 5.74) is 2.38. The van der Waals surface area contributed by atoms with E-state index in [0.717, 1.165) is 24.6 Å². The Hall–Kier alpha value is -1.30. The molecule has 2 nitrogen and oxygen atoms in total. The molecule has 0 spiro atoms. The molecule has 0 heterocycles. The highest BCUT2D eigenvalue weighted by Gasteiger charge is 2.23. The van der Waals surface area contributed by atoms with E-state index in [0.29, 0.717) is 6.42 Å². The summed E-state index contributed by atoms with van der Waals surface area (Å²) in [6.07, 6.45) is 3.36. The van der Waals surface area contributed by atoms with Gasteiger partial charge in [-0.3, -0.25) is 4.90 Å². The third-order valence-electron chi connectivity index (χ3n) is 3.46. The molecule has 1 saturated carbocycles. The topological polar surface area (TPSA) is 23.5 Å². The number of hydrogen-bond acceptors (Lipinski definition) is 2. The summed E-state index contributed by atoms with van der Waals surface area (Å²) >= 11 is 0. The van der Waals surface area contributed by atoms with Crippen molar-refractivity contribution in [3.05, 3.63) is 35.4 Å². The van der Waals surface area contributed by atoms with Crippen molar-refractivity contribution in [1.82, 2.24) is 4.90 Å². The average Bonchev–Trinajstić information content (AvgIpc) is 3.23. The normalized spacial score (nSPS) is 14.3. The molecule has 1 fully saturated rings. The van der Waals surface area contributed by atoms with Gasteiger partial charge in [-0.1, -0.05) is 30.9 Å². The lowest BCUT2D eigenvalue weighted by molar-refractivity contribution is 0.268. The standard InChI is InChI=1S/C17H23NO/c1-2-18(13-16-9-10-16)14-17-8-5-7-15(12-17)6-3-4-11-19/h5,7-8,12,16,19H,2,4,9-11,13-14H2,1H3. The second-order valence-corrected chi connectivity index (χ2v) is 5.25. The molecule has 19 heavy (non-hydrogen) atoms. The summed E-state index contributed by atoms with van der Waals surface area (Å²) in [6, 6.07) is 8.45. The van der Waals surface area contributed by atoms with E-state index in [1.165, 1.54) is 24.9 Å². The van der Waals surface area contributed by atoms with Gasteiger partial charge < -0.3 is 5.11 Å². The summed E-state index contributed by atoms with van der Waals surface area (Å²) in [7, 11) is 0. The first-order valence-electron chi connectivity index (χ1n) is 7.23. The zero-order chi connectivity index (χ0) is 13.5. The van der Waals surface area contributed by atoms with Gasteiger partial charge in [0, 0.05) is 25.1 Å². The molecule has 0 amide bonds. The van der Waals surface area contributed by atoms with Crippen LogP contribution in [0.1, 0.15) is 37.3 Å². The smallest absolute Gasteiger partial charge is 0.0540 e. The lowest BCUT2D eigenvalue weighted by Crippen LogP contribution is -2.25.